The number of nitrogens with zero attached hydrogens (tertiary/aromatic N) is 4. The van der Waals surface area contributed by atoms with E-state index >= 15 is 0 Å². The summed E-state index contributed by atoms with van der Waals surface area (Å²) in [6, 6.07) is 50.4. The highest BCUT2D eigenvalue weighted by Gasteiger charge is 2.37. The lowest BCUT2D eigenvalue weighted by Gasteiger charge is -2.30. The van der Waals surface area contributed by atoms with Gasteiger partial charge in [0, 0.05) is 70.3 Å². The van der Waals surface area contributed by atoms with Crippen molar-refractivity contribution in [3.63, 3.8) is 0 Å². The Labute approximate surface area is 342 Å². The monoisotopic (exact) mass is 758 g/mol. The maximum atomic E-state index is 7.17. The molecule has 1 aliphatic heterocycles. The van der Waals surface area contributed by atoms with Gasteiger partial charge in [-0.15, -0.1) is 0 Å². The SMILES string of the molecule is C1=Cc2c(c3ccccc3n2-c2cc(Oc3cc4ccccc4c4ccccc34)cc(N3c4ccc(-c5ccncc5)cc4C4=CC(c5ccncc5)=CCC43)c2)CC1. The van der Waals surface area contributed by atoms with Gasteiger partial charge in [0.25, 0.3) is 0 Å². The third kappa shape index (κ3) is 5.53. The van der Waals surface area contributed by atoms with Gasteiger partial charge in [-0.1, -0.05) is 84.9 Å². The fourth-order valence-electron chi connectivity index (χ4n) is 9.72. The number of rotatable bonds is 6. The lowest BCUT2D eigenvalue weighted by molar-refractivity contribution is 0.488. The lowest BCUT2D eigenvalue weighted by Crippen LogP contribution is -2.27. The number of hydrogen-bond acceptors (Lipinski definition) is 4. The summed E-state index contributed by atoms with van der Waals surface area (Å²) in [5.74, 6) is 1.63. The van der Waals surface area contributed by atoms with Crippen LogP contribution in [0.2, 0.25) is 0 Å². The molecule has 4 heterocycles. The van der Waals surface area contributed by atoms with Crippen LogP contribution in [0.1, 0.15) is 35.2 Å². The van der Waals surface area contributed by atoms with Crippen LogP contribution in [0.15, 0.2) is 183 Å². The van der Waals surface area contributed by atoms with E-state index in [9.17, 15) is 0 Å². The Bertz CT molecular complexity index is 3230. The van der Waals surface area contributed by atoms with Crippen molar-refractivity contribution in [2.75, 3.05) is 4.90 Å². The number of benzene rings is 6. The zero-order chi connectivity index (χ0) is 38.9. The summed E-state index contributed by atoms with van der Waals surface area (Å²) in [6.45, 7) is 0. The van der Waals surface area contributed by atoms with Gasteiger partial charge in [-0.2, -0.15) is 0 Å². The molecule has 0 fully saturated rings. The topological polar surface area (TPSA) is 43.2 Å². The molecule has 0 amide bonds. The molecular formula is C54H38N4O. The zero-order valence-corrected chi connectivity index (χ0v) is 32.3. The Hall–Kier alpha value is -7.50. The molecule has 6 aromatic carbocycles. The molecule has 0 radical (unpaired) electrons. The van der Waals surface area contributed by atoms with Crippen molar-refractivity contribution >= 4 is 61.0 Å². The average molecular weight is 759 g/mol. The van der Waals surface area contributed by atoms with Gasteiger partial charge >= 0.3 is 0 Å². The second-order valence-electron chi connectivity index (χ2n) is 15.7. The molecule has 0 bridgehead atoms. The van der Waals surface area contributed by atoms with E-state index in [0.717, 1.165) is 58.5 Å². The van der Waals surface area contributed by atoms with Crippen molar-refractivity contribution in [3.05, 3.63) is 205 Å². The first-order valence-corrected chi connectivity index (χ1v) is 20.4. The molecule has 0 saturated heterocycles. The van der Waals surface area contributed by atoms with E-state index in [1.807, 2.05) is 24.8 Å². The summed E-state index contributed by atoms with van der Waals surface area (Å²) >= 11 is 0. The van der Waals surface area contributed by atoms with Crippen LogP contribution < -0.4 is 9.64 Å². The third-order valence-corrected chi connectivity index (χ3v) is 12.4. The number of allylic oxidation sites excluding steroid dienone is 3. The van der Waals surface area contributed by atoms with Gasteiger partial charge in [-0.3, -0.25) is 9.97 Å². The minimum Gasteiger partial charge on any atom is -0.457 e. The van der Waals surface area contributed by atoms with Crippen molar-refractivity contribution in [2.45, 2.75) is 25.3 Å². The highest BCUT2D eigenvalue weighted by atomic mass is 16.5. The molecule has 1 unspecified atom stereocenters. The fourth-order valence-corrected chi connectivity index (χ4v) is 9.72. The van der Waals surface area contributed by atoms with Crippen LogP contribution >= 0.6 is 0 Å². The third-order valence-electron chi connectivity index (χ3n) is 12.4. The summed E-state index contributed by atoms with van der Waals surface area (Å²) in [5, 5.41) is 5.95. The van der Waals surface area contributed by atoms with Crippen molar-refractivity contribution in [2.24, 2.45) is 0 Å². The van der Waals surface area contributed by atoms with Gasteiger partial charge in [0.05, 0.1) is 17.2 Å². The van der Waals surface area contributed by atoms with Crippen LogP contribution in [-0.4, -0.2) is 20.6 Å². The maximum absolute atomic E-state index is 7.17. The highest BCUT2D eigenvalue weighted by molar-refractivity contribution is 6.10. The molecular weight excluding hydrogens is 721 g/mol. The van der Waals surface area contributed by atoms with Gasteiger partial charge in [0.15, 0.2) is 0 Å². The number of anilines is 2. The molecule has 3 aliphatic rings. The van der Waals surface area contributed by atoms with E-state index in [1.165, 1.54) is 66.5 Å². The summed E-state index contributed by atoms with van der Waals surface area (Å²) in [4.78, 5) is 11.1. The highest BCUT2D eigenvalue weighted by Crippen LogP contribution is 2.51. The number of hydrogen-bond donors (Lipinski definition) is 0. The van der Waals surface area contributed by atoms with E-state index in [4.69, 9.17) is 4.74 Å². The first kappa shape index (κ1) is 33.6. The molecule has 5 heteroatoms. The Morgan fingerprint density at radius 2 is 1.34 bits per heavy atom. The van der Waals surface area contributed by atoms with Gasteiger partial charge in [-0.25, -0.2) is 0 Å². The van der Waals surface area contributed by atoms with Gasteiger partial charge in [0.2, 0.25) is 0 Å². The first-order chi connectivity index (χ1) is 29.2. The fraction of sp³-hybridized carbons (Fsp3) is 0.0741. The number of pyridine rings is 2. The largest absolute Gasteiger partial charge is 0.457 e. The number of para-hydroxylation sites is 1. The molecule has 0 saturated carbocycles. The van der Waals surface area contributed by atoms with Crippen LogP contribution in [0.4, 0.5) is 11.4 Å². The van der Waals surface area contributed by atoms with Crippen molar-refractivity contribution in [3.8, 4) is 28.3 Å². The quantitative estimate of drug-likeness (QED) is 0.158. The van der Waals surface area contributed by atoms with Gasteiger partial charge < -0.3 is 14.2 Å². The molecule has 5 nitrogen and oxygen atoms in total. The van der Waals surface area contributed by atoms with Gasteiger partial charge in [0.1, 0.15) is 11.5 Å². The van der Waals surface area contributed by atoms with Crippen molar-refractivity contribution in [1.29, 1.82) is 0 Å². The van der Waals surface area contributed by atoms with Crippen LogP contribution in [0.3, 0.4) is 0 Å². The van der Waals surface area contributed by atoms with E-state index < -0.39 is 0 Å². The second-order valence-corrected chi connectivity index (χ2v) is 15.7. The van der Waals surface area contributed by atoms with Crippen LogP contribution in [0.5, 0.6) is 11.5 Å². The van der Waals surface area contributed by atoms with E-state index in [-0.39, 0.29) is 6.04 Å². The van der Waals surface area contributed by atoms with Crippen LogP contribution in [0.25, 0.3) is 66.5 Å². The smallest absolute Gasteiger partial charge is 0.135 e. The Morgan fingerprint density at radius 1 is 0.610 bits per heavy atom. The lowest BCUT2D eigenvalue weighted by atomic mass is 9.89. The number of fused-ring (bicyclic) bond motifs is 9. The Balaban J connectivity index is 1.08. The predicted molar refractivity (Wildman–Crippen MR) is 243 cm³/mol. The van der Waals surface area contributed by atoms with Crippen molar-refractivity contribution in [1.82, 2.24) is 14.5 Å². The predicted octanol–water partition coefficient (Wildman–Crippen LogP) is 13.5. The Morgan fingerprint density at radius 3 is 2.19 bits per heavy atom. The number of ether oxygens (including phenoxy) is 1. The molecule has 12 rings (SSSR count). The number of aryl methyl sites for hydroxylation is 1. The maximum Gasteiger partial charge on any atom is 0.135 e. The molecule has 3 aromatic heterocycles. The molecule has 280 valence electrons. The Kier molecular flexibility index (Phi) is 7.73. The van der Waals surface area contributed by atoms with E-state index in [1.54, 1.807) is 0 Å². The zero-order valence-electron chi connectivity index (χ0n) is 32.3. The molecule has 9 aromatic rings. The molecule has 1 atom stereocenters. The van der Waals surface area contributed by atoms with Gasteiger partial charge in [-0.05, 0) is 136 Å². The normalized spacial score (nSPS) is 15.5. The molecule has 0 spiro atoms. The first-order valence-electron chi connectivity index (χ1n) is 20.4. The standard InChI is InChI=1S/C54H38N4O/c1-2-10-43-39(9-1)31-54(47-14-4-3-11-44(43)47)59-42-33-40(57-50-15-7-5-12-45(50)46-13-6-8-16-51(46)57)32-41(34-42)58-52-19-17-37(35-21-25-55-26-22-35)29-48(52)49-30-38(18-20-53(49)58)36-23-27-56-28-24-36/h1-5,7-12,14-19,21-34,53H,6,13,20H2. The second kappa shape index (κ2) is 13.6. The summed E-state index contributed by atoms with van der Waals surface area (Å²) in [7, 11) is 0. The minimum atomic E-state index is 0.0862. The molecule has 2 aliphatic carbocycles. The minimum absolute atomic E-state index is 0.0862. The molecule has 59 heavy (non-hydrogen) atoms. The summed E-state index contributed by atoms with van der Waals surface area (Å²) in [6.07, 6.45) is 19.8. The van der Waals surface area contributed by atoms with E-state index in [0.29, 0.717) is 0 Å². The summed E-state index contributed by atoms with van der Waals surface area (Å²) < 4.78 is 9.62. The average Bonchev–Trinajstić information content (AvgIpc) is 3.82. The van der Waals surface area contributed by atoms with Crippen molar-refractivity contribution < 1.29 is 4.74 Å². The number of aromatic nitrogens is 3. The summed E-state index contributed by atoms with van der Waals surface area (Å²) in [5.41, 5.74) is 14.5. The van der Waals surface area contributed by atoms with E-state index in [2.05, 4.69) is 183 Å². The van der Waals surface area contributed by atoms with Crippen LogP contribution in [0, 0.1) is 0 Å². The molecule has 0 N–H and O–H groups in total. The van der Waals surface area contributed by atoms with Crippen LogP contribution in [-0.2, 0) is 6.42 Å².